The van der Waals surface area contributed by atoms with Crippen molar-refractivity contribution in [1.82, 2.24) is 19.8 Å². The predicted molar refractivity (Wildman–Crippen MR) is 183 cm³/mol. The quantitative estimate of drug-likeness (QED) is 0.299. The number of nitrogens with zero attached hydrogens (tertiary/aromatic N) is 2. The third-order valence-corrected chi connectivity index (χ3v) is 9.20. The fraction of sp³-hybridized carbons (Fsp3) is 0.543. The molecule has 0 bridgehead atoms. The summed E-state index contributed by atoms with van der Waals surface area (Å²) < 4.78 is 44.9. The van der Waals surface area contributed by atoms with Crippen molar-refractivity contribution in [1.29, 1.82) is 0 Å². The molecule has 2 aromatic carbocycles. The molecule has 1 heterocycles. The Morgan fingerprint density at radius 2 is 1.53 bits per heavy atom. The van der Waals surface area contributed by atoms with Crippen LogP contribution in [-0.4, -0.2) is 92.5 Å². The molecule has 0 fully saturated rings. The fourth-order valence-corrected chi connectivity index (χ4v) is 6.56. The van der Waals surface area contributed by atoms with E-state index in [4.69, 9.17) is 14.2 Å². The zero-order valence-corrected chi connectivity index (χ0v) is 30.7. The zero-order chi connectivity index (χ0) is 36.7. The van der Waals surface area contributed by atoms with Crippen molar-refractivity contribution in [2.24, 2.45) is 11.3 Å². The fourth-order valence-electron chi connectivity index (χ4n) is 4.98. The number of nitrogens with one attached hydrogen (secondary N) is 2. The van der Waals surface area contributed by atoms with E-state index < -0.39 is 63.4 Å². The molecule has 0 saturated heterocycles. The zero-order valence-electron chi connectivity index (χ0n) is 29.9. The second-order valence-corrected chi connectivity index (χ2v) is 16.6. The normalized spacial score (nSPS) is 14.3. The first-order chi connectivity index (χ1) is 22.7. The number of sulfonamides is 1. The lowest BCUT2D eigenvalue weighted by Crippen LogP contribution is -2.59. The highest BCUT2D eigenvalue weighted by molar-refractivity contribution is 7.89. The third kappa shape index (κ3) is 11.5. The van der Waals surface area contributed by atoms with Crippen LogP contribution in [0.15, 0.2) is 53.4 Å². The monoisotopic (exact) mass is 702 g/mol. The minimum absolute atomic E-state index is 0.0235. The number of amides is 3. The molecule has 1 aliphatic heterocycles. The van der Waals surface area contributed by atoms with E-state index in [-0.39, 0.29) is 37.1 Å². The van der Waals surface area contributed by atoms with Crippen molar-refractivity contribution in [3.8, 4) is 11.5 Å². The number of fused-ring (bicyclic) bond motifs is 1. The largest absolute Gasteiger partial charge is 0.454 e. The minimum Gasteiger partial charge on any atom is -0.454 e. The molecular formula is C35H50N4O9S. The lowest BCUT2D eigenvalue weighted by Gasteiger charge is -2.33. The van der Waals surface area contributed by atoms with Gasteiger partial charge >= 0.3 is 6.09 Å². The van der Waals surface area contributed by atoms with Gasteiger partial charge in [-0.15, -0.1) is 0 Å². The Balaban J connectivity index is 1.86. The van der Waals surface area contributed by atoms with Crippen LogP contribution < -0.4 is 20.1 Å². The number of carbonyl (C=O) groups excluding carboxylic acids is 4. The van der Waals surface area contributed by atoms with E-state index in [2.05, 4.69) is 10.6 Å². The molecule has 0 radical (unpaired) electrons. The maximum Gasteiger partial charge on any atom is 0.410 e. The van der Waals surface area contributed by atoms with Crippen molar-refractivity contribution >= 4 is 33.7 Å². The van der Waals surface area contributed by atoms with Gasteiger partial charge < -0.3 is 29.7 Å². The molecule has 1 aliphatic rings. The Labute approximate surface area is 289 Å². The number of benzene rings is 2. The van der Waals surface area contributed by atoms with Crippen LogP contribution in [0.3, 0.4) is 0 Å². The summed E-state index contributed by atoms with van der Waals surface area (Å²) in [5, 5.41) is 5.51. The highest BCUT2D eigenvalue weighted by Gasteiger charge is 2.37. The first-order valence-electron chi connectivity index (χ1n) is 16.2. The van der Waals surface area contributed by atoms with Gasteiger partial charge in [-0.2, -0.15) is 4.31 Å². The van der Waals surface area contributed by atoms with E-state index in [9.17, 15) is 27.6 Å². The van der Waals surface area contributed by atoms with Crippen LogP contribution in [0.25, 0.3) is 0 Å². The number of hydrogen-bond acceptors (Lipinski definition) is 9. The molecule has 13 nitrogen and oxygen atoms in total. The molecule has 3 rings (SSSR count). The number of likely N-dealkylation sites (N-methyl/N-ethyl adjacent to an activating group) is 1. The maximum atomic E-state index is 14.1. The second kappa shape index (κ2) is 16.0. The highest BCUT2D eigenvalue weighted by atomic mass is 32.2. The van der Waals surface area contributed by atoms with Crippen LogP contribution in [0.1, 0.15) is 61.0 Å². The van der Waals surface area contributed by atoms with Crippen LogP contribution in [0.2, 0.25) is 0 Å². The van der Waals surface area contributed by atoms with Gasteiger partial charge in [0.2, 0.25) is 28.6 Å². The van der Waals surface area contributed by atoms with Crippen LogP contribution in [0, 0.1) is 11.3 Å². The summed E-state index contributed by atoms with van der Waals surface area (Å²) in [6, 6.07) is 11.1. The third-order valence-electron chi connectivity index (χ3n) is 7.39. The van der Waals surface area contributed by atoms with E-state index in [0.717, 1.165) is 14.8 Å². The Bertz CT molecular complexity index is 1600. The molecular weight excluding hydrogens is 652 g/mol. The van der Waals surface area contributed by atoms with E-state index in [1.165, 1.54) is 25.2 Å². The Hall–Kier alpha value is -4.17. The molecule has 0 saturated carbocycles. The Morgan fingerprint density at radius 1 is 0.898 bits per heavy atom. The summed E-state index contributed by atoms with van der Waals surface area (Å²) in [5.41, 5.74) is -0.827. The molecule has 2 N–H and O–H groups in total. The van der Waals surface area contributed by atoms with Gasteiger partial charge in [-0.25, -0.2) is 13.2 Å². The molecule has 0 aromatic heterocycles. The van der Waals surface area contributed by atoms with Gasteiger partial charge in [0, 0.05) is 19.7 Å². The smallest absolute Gasteiger partial charge is 0.410 e. The molecule has 2 aromatic rings. The topological polar surface area (TPSA) is 161 Å². The van der Waals surface area contributed by atoms with Crippen LogP contribution in [-0.2, 0) is 35.6 Å². The van der Waals surface area contributed by atoms with Crippen molar-refractivity contribution < 1.29 is 41.8 Å². The Kier molecular flexibility index (Phi) is 12.8. The van der Waals surface area contributed by atoms with Gasteiger partial charge in [0.25, 0.3) is 0 Å². The molecule has 49 heavy (non-hydrogen) atoms. The number of ketones is 1. The molecule has 0 aliphatic carbocycles. The Morgan fingerprint density at radius 3 is 2.12 bits per heavy atom. The second-order valence-electron chi connectivity index (χ2n) is 14.6. The van der Waals surface area contributed by atoms with Crippen LogP contribution in [0.4, 0.5) is 4.79 Å². The summed E-state index contributed by atoms with van der Waals surface area (Å²) in [6.45, 7) is 13.2. The van der Waals surface area contributed by atoms with Gasteiger partial charge in [0.1, 0.15) is 18.2 Å². The van der Waals surface area contributed by atoms with E-state index in [1.54, 1.807) is 65.8 Å². The lowest BCUT2D eigenvalue weighted by molar-refractivity contribution is -0.134. The van der Waals surface area contributed by atoms with Gasteiger partial charge in [-0.3, -0.25) is 14.4 Å². The number of carbonyl (C=O) groups is 4. The average molecular weight is 703 g/mol. The van der Waals surface area contributed by atoms with Crippen LogP contribution >= 0.6 is 0 Å². The van der Waals surface area contributed by atoms with Gasteiger partial charge in [-0.1, -0.05) is 65.0 Å². The molecule has 270 valence electrons. The average Bonchev–Trinajstić information content (AvgIpc) is 3.46. The van der Waals surface area contributed by atoms with Crippen molar-refractivity contribution in [3.05, 3.63) is 54.1 Å². The summed E-state index contributed by atoms with van der Waals surface area (Å²) >= 11 is 0. The summed E-state index contributed by atoms with van der Waals surface area (Å²) in [7, 11) is -2.76. The number of Topliss-reactive ketones (excluding diaryl/α,β-unsaturated/α-hetero) is 1. The standard InChI is InChI=1S/C35H50N4O9S/c1-23(2)19-39(49(44,45)25-15-16-28-29(18-25)47-22-46-28)20-27(40)26(17-24-13-11-10-12-14-24)36-32(42)31(34(3,4)5)37-30(41)21-38(9)33(43)48-35(6,7)8/h10-16,18,23,26,31H,17,19-22H2,1-9H3,(H,36,42)(H,37,41)/t26-,31+/m0/s1. The van der Waals surface area contributed by atoms with Crippen LogP contribution in [0.5, 0.6) is 11.5 Å². The van der Waals surface area contributed by atoms with Crippen molar-refractivity contribution in [2.45, 2.75) is 84.4 Å². The first-order valence-corrected chi connectivity index (χ1v) is 17.6. The minimum atomic E-state index is -4.17. The maximum absolute atomic E-state index is 14.1. The SMILES string of the molecule is CC(C)CN(CC(=O)[C@H](Cc1ccccc1)NC(=O)[C@@H](NC(=O)CN(C)C(=O)OC(C)(C)C)C(C)(C)C)S(=O)(=O)c1ccc2c(c1)OCO2. The molecule has 3 amide bonds. The van der Waals surface area contributed by atoms with Gasteiger partial charge in [0.15, 0.2) is 17.3 Å². The summed E-state index contributed by atoms with van der Waals surface area (Å²) in [4.78, 5) is 54.5. The highest BCUT2D eigenvalue weighted by Crippen LogP contribution is 2.35. The summed E-state index contributed by atoms with van der Waals surface area (Å²) in [5.74, 6) is -1.19. The van der Waals surface area contributed by atoms with E-state index in [1.807, 2.05) is 19.9 Å². The predicted octanol–water partition coefficient (Wildman–Crippen LogP) is 3.76. The number of ether oxygens (including phenoxy) is 3. The molecule has 2 atom stereocenters. The first kappa shape index (κ1) is 39.3. The molecule has 14 heteroatoms. The van der Waals surface area contributed by atoms with Crippen molar-refractivity contribution in [2.75, 3.05) is 33.5 Å². The van der Waals surface area contributed by atoms with E-state index >= 15 is 0 Å². The van der Waals surface area contributed by atoms with Gasteiger partial charge in [0.05, 0.1) is 17.5 Å². The number of hydrogen-bond donors (Lipinski definition) is 2. The molecule has 0 spiro atoms. The summed E-state index contributed by atoms with van der Waals surface area (Å²) in [6.07, 6.45) is -0.619. The van der Waals surface area contributed by atoms with Crippen molar-refractivity contribution in [3.63, 3.8) is 0 Å². The van der Waals surface area contributed by atoms with Gasteiger partial charge in [-0.05, 0) is 56.2 Å². The van der Waals surface area contributed by atoms with E-state index in [0.29, 0.717) is 11.5 Å². The number of rotatable bonds is 14. The lowest BCUT2D eigenvalue weighted by atomic mass is 9.85. The molecule has 0 unspecified atom stereocenters.